The molecular formula is C8H20O5PY-. The maximum absolute atomic E-state index is 10.7. The van der Waals surface area contributed by atoms with E-state index in [-0.39, 0.29) is 54.2 Å². The number of aliphatic hydroxyl groups is 1. The molecular weight excluding hydrogens is 296 g/mol. The average molecular weight is 316 g/mol. The molecule has 0 amide bonds. The van der Waals surface area contributed by atoms with Crippen molar-refractivity contribution in [1.29, 1.82) is 0 Å². The first-order valence-electron chi connectivity index (χ1n) is 3.59. The normalized spacial score (nSPS) is 27.9. The van der Waals surface area contributed by atoms with Crippen LogP contribution >= 0.6 is 7.60 Å². The fraction of sp³-hybridized carbons (Fsp3) is 0.875. The molecule has 7 heteroatoms. The van der Waals surface area contributed by atoms with E-state index in [1.165, 1.54) is 6.61 Å². The van der Waals surface area contributed by atoms with Crippen molar-refractivity contribution in [1.82, 2.24) is 0 Å². The first-order valence-corrected chi connectivity index (χ1v) is 5.61. The largest absolute Gasteiger partial charge is 0.546 e. The zero-order valence-corrected chi connectivity index (χ0v) is 11.0. The standard InChI is InChI=1S/C6H12O5P.2CH4.Y/c1-12(8,9)11-4-6-5(7)2-3-10-6;;;/h3,5-7H,2,4H2,1H3,(H,8,9);2*1H4;/q-1;;;. The molecule has 0 aromatic heterocycles. The third-order valence-electron chi connectivity index (χ3n) is 1.52. The fourth-order valence-electron chi connectivity index (χ4n) is 0.882. The molecule has 3 atom stereocenters. The van der Waals surface area contributed by atoms with Crippen molar-refractivity contribution in [2.24, 2.45) is 0 Å². The summed E-state index contributed by atoms with van der Waals surface area (Å²) >= 11 is 0. The molecule has 1 radical (unpaired) electrons. The predicted molar refractivity (Wildman–Crippen MR) is 55.0 cm³/mol. The van der Waals surface area contributed by atoms with Gasteiger partial charge < -0.3 is 19.3 Å². The van der Waals surface area contributed by atoms with E-state index in [0.717, 1.165) is 6.66 Å². The summed E-state index contributed by atoms with van der Waals surface area (Å²) in [5, 5.41) is 9.18. The molecule has 1 heterocycles. The van der Waals surface area contributed by atoms with Crippen LogP contribution in [0.4, 0.5) is 0 Å². The summed E-state index contributed by atoms with van der Waals surface area (Å²) in [7, 11) is -3.45. The average Bonchev–Trinajstić information content (AvgIpc) is 2.29. The minimum atomic E-state index is -3.45. The zero-order chi connectivity index (χ0) is 9.19. The Morgan fingerprint density at radius 2 is 2.13 bits per heavy atom. The Hall–Kier alpha value is 1.17. The van der Waals surface area contributed by atoms with Crippen molar-refractivity contribution in [3.05, 3.63) is 6.61 Å². The predicted octanol–water partition coefficient (Wildman–Crippen LogP) is 1.40. The molecule has 5 nitrogen and oxygen atoms in total. The van der Waals surface area contributed by atoms with Gasteiger partial charge in [0.05, 0.1) is 18.8 Å². The van der Waals surface area contributed by atoms with Crippen LogP contribution in [-0.2, 0) is 46.5 Å². The van der Waals surface area contributed by atoms with Crippen LogP contribution in [0.3, 0.4) is 0 Å². The van der Waals surface area contributed by atoms with Crippen molar-refractivity contribution in [3.8, 4) is 0 Å². The van der Waals surface area contributed by atoms with Crippen molar-refractivity contribution in [3.63, 3.8) is 0 Å². The Labute approximate surface area is 117 Å². The molecule has 0 bridgehead atoms. The van der Waals surface area contributed by atoms with E-state index in [0.29, 0.717) is 6.42 Å². The van der Waals surface area contributed by atoms with Gasteiger partial charge in [0.2, 0.25) is 0 Å². The minimum absolute atomic E-state index is 0. The van der Waals surface area contributed by atoms with E-state index in [2.05, 4.69) is 4.52 Å². The van der Waals surface area contributed by atoms with Gasteiger partial charge >= 0.3 is 7.60 Å². The molecule has 1 aliphatic heterocycles. The molecule has 0 saturated carbocycles. The second-order valence-corrected chi connectivity index (χ2v) is 4.61. The molecule has 1 fully saturated rings. The van der Waals surface area contributed by atoms with Crippen LogP contribution in [-0.4, -0.2) is 35.5 Å². The van der Waals surface area contributed by atoms with Gasteiger partial charge in [0, 0.05) is 39.4 Å². The smallest absolute Gasteiger partial charge is 0.325 e. The second-order valence-electron chi connectivity index (χ2n) is 2.74. The van der Waals surface area contributed by atoms with Gasteiger partial charge in [0.25, 0.3) is 0 Å². The maximum Gasteiger partial charge on any atom is 0.325 e. The summed E-state index contributed by atoms with van der Waals surface area (Å²) in [5.74, 6) is 0. The van der Waals surface area contributed by atoms with E-state index >= 15 is 0 Å². The van der Waals surface area contributed by atoms with Crippen LogP contribution in [0.2, 0.25) is 0 Å². The summed E-state index contributed by atoms with van der Waals surface area (Å²) in [6.45, 7) is 2.51. The molecule has 1 rings (SSSR count). The summed E-state index contributed by atoms with van der Waals surface area (Å²) in [4.78, 5) is 8.75. The van der Waals surface area contributed by atoms with Crippen LogP contribution in [0.5, 0.6) is 0 Å². The number of hydrogen-bond acceptors (Lipinski definition) is 4. The van der Waals surface area contributed by atoms with Gasteiger partial charge in [-0.3, -0.25) is 4.57 Å². The first-order chi connectivity index (χ1) is 5.49. The molecule has 1 aliphatic rings. The summed E-state index contributed by atoms with van der Waals surface area (Å²) in [5.41, 5.74) is 0. The van der Waals surface area contributed by atoms with Gasteiger partial charge in [-0.1, -0.05) is 14.9 Å². The van der Waals surface area contributed by atoms with Crippen molar-refractivity contribution in [2.75, 3.05) is 13.3 Å². The van der Waals surface area contributed by atoms with Crippen molar-refractivity contribution in [2.45, 2.75) is 33.5 Å². The van der Waals surface area contributed by atoms with Gasteiger partial charge in [-0.2, -0.15) is 0 Å². The Morgan fingerprint density at radius 1 is 1.60 bits per heavy atom. The van der Waals surface area contributed by atoms with Crippen LogP contribution in [0, 0.1) is 6.61 Å². The quantitative estimate of drug-likeness (QED) is 0.608. The molecule has 0 aliphatic carbocycles. The Bertz CT molecular complexity index is 195. The van der Waals surface area contributed by atoms with Gasteiger partial charge in [-0.15, -0.1) is 6.42 Å². The Kier molecular flexibility index (Phi) is 13.2. The summed E-state index contributed by atoms with van der Waals surface area (Å²) in [6.07, 6.45) is -0.699. The van der Waals surface area contributed by atoms with Crippen molar-refractivity contribution >= 4 is 7.60 Å². The maximum atomic E-state index is 10.7. The third kappa shape index (κ3) is 8.93. The van der Waals surface area contributed by atoms with Crippen LogP contribution in [0.15, 0.2) is 0 Å². The molecule has 0 spiro atoms. The Balaban J connectivity index is -0.000000480. The summed E-state index contributed by atoms with van der Waals surface area (Å²) < 4.78 is 20.2. The summed E-state index contributed by atoms with van der Waals surface area (Å²) in [6, 6.07) is 0. The van der Waals surface area contributed by atoms with E-state index in [1.54, 1.807) is 0 Å². The third-order valence-corrected chi connectivity index (χ3v) is 2.14. The number of rotatable bonds is 3. The molecule has 0 aromatic carbocycles. The van der Waals surface area contributed by atoms with Gasteiger partial charge in [0.15, 0.2) is 0 Å². The zero-order valence-electron chi connectivity index (χ0n) is 7.29. The molecule has 91 valence electrons. The fourth-order valence-corrected chi connectivity index (χ4v) is 1.31. The molecule has 3 unspecified atom stereocenters. The SMILES string of the molecule is C.C.CP(=O)(O)OCC1O[CH-]CC1O.[Y]. The van der Waals surface area contributed by atoms with E-state index in [4.69, 9.17) is 9.63 Å². The monoisotopic (exact) mass is 316 g/mol. The van der Waals surface area contributed by atoms with E-state index in [9.17, 15) is 9.67 Å². The molecule has 15 heavy (non-hydrogen) atoms. The van der Waals surface area contributed by atoms with E-state index < -0.39 is 19.8 Å². The number of ether oxygens (including phenoxy) is 1. The molecule has 0 aromatic rings. The topological polar surface area (TPSA) is 76.0 Å². The second kappa shape index (κ2) is 9.23. The Morgan fingerprint density at radius 3 is 2.47 bits per heavy atom. The first kappa shape index (κ1) is 21.5. The molecule has 2 N–H and O–H groups in total. The van der Waals surface area contributed by atoms with Crippen LogP contribution < -0.4 is 0 Å². The number of aliphatic hydroxyl groups excluding tert-OH is 1. The molecule has 1 saturated heterocycles. The van der Waals surface area contributed by atoms with E-state index in [1.807, 2.05) is 0 Å². The van der Waals surface area contributed by atoms with Crippen LogP contribution in [0.25, 0.3) is 0 Å². The van der Waals surface area contributed by atoms with Gasteiger partial charge in [-0.25, -0.2) is 6.61 Å². The minimum Gasteiger partial charge on any atom is -0.546 e. The number of hydrogen-bond donors (Lipinski definition) is 2. The van der Waals surface area contributed by atoms with Gasteiger partial charge in [0.1, 0.15) is 0 Å². The van der Waals surface area contributed by atoms with Crippen LogP contribution in [0.1, 0.15) is 21.3 Å². The van der Waals surface area contributed by atoms with Crippen molar-refractivity contribution < 1.29 is 56.5 Å². The van der Waals surface area contributed by atoms with Gasteiger partial charge in [-0.05, 0) is 0 Å².